The van der Waals surface area contributed by atoms with Crippen LogP contribution >= 0.6 is 0 Å². The van der Waals surface area contributed by atoms with E-state index in [1.165, 1.54) is 16.6 Å². The monoisotopic (exact) mass is 390 g/mol. The second-order valence-electron chi connectivity index (χ2n) is 5.74. The average molecular weight is 390 g/mol. The van der Waals surface area contributed by atoms with E-state index in [4.69, 9.17) is 9.47 Å². The van der Waals surface area contributed by atoms with Crippen LogP contribution in [0.4, 0.5) is 5.82 Å². The van der Waals surface area contributed by atoms with Crippen molar-refractivity contribution in [1.82, 2.24) is 9.29 Å². The summed E-state index contributed by atoms with van der Waals surface area (Å²) in [7, 11) is -3.51. The first-order chi connectivity index (χ1) is 13.0. The summed E-state index contributed by atoms with van der Waals surface area (Å²) in [6, 6.07) is 8.64. The third-order valence-electron chi connectivity index (χ3n) is 4.04. The summed E-state index contributed by atoms with van der Waals surface area (Å²) in [6.45, 7) is 5.51. The molecule has 0 aliphatic carbocycles. The first kappa shape index (κ1) is 19.1. The third kappa shape index (κ3) is 4.37. The average Bonchev–Trinajstić information content (AvgIpc) is 2.69. The highest BCUT2D eigenvalue weighted by Crippen LogP contribution is 2.30. The number of pyridine rings is 1. The molecule has 1 aliphatic rings. The van der Waals surface area contributed by atoms with Gasteiger partial charge in [-0.1, -0.05) is 13.8 Å². The molecule has 0 radical (unpaired) electrons. The number of nitrogens with zero attached hydrogens (tertiary/aromatic N) is 3. The van der Waals surface area contributed by atoms with Gasteiger partial charge in [0.2, 0.25) is 10.0 Å². The van der Waals surface area contributed by atoms with Crippen molar-refractivity contribution in [3.8, 4) is 11.5 Å². The number of sulfonamides is 1. The highest BCUT2D eigenvalue weighted by Gasteiger charge is 2.21. The molecule has 1 N–H and O–H groups in total. The van der Waals surface area contributed by atoms with Crippen LogP contribution in [0.15, 0.2) is 46.5 Å². The largest absolute Gasteiger partial charge is 0.486 e. The van der Waals surface area contributed by atoms with Crippen LogP contribution in [0.25, 0.3) is 0 Å². The minimum absolute atomic E-state index is 0.160. The standard InChI is InChI=1S/C18H22N4O4S/c1-3-22(4-2)27(23,24)15-6-8-18(19-13-15)21-20-12-14-5-7-16-17(11-14)26-10-9-25-16/h5-8,11-13H,3-4,9-10H2,1-2H3,(H,19,21)/b20-12+. The van der Waals surface area contributed by atoms with Crippen molar-refractivity contribution in [2.24, 2.45) is 5.10 Å². The molecule has 9 heteroatoms. The fourth-order valence-corrected chi connectivity index (χ4v) is 4.03. The van der Waals surface area contributed by atoms with Crippen LogP contribution in [0.5, 0.6) is 11.5 Å². The third-order valence-corrected chi connectivity index (χ3v) is 6.07. The molecule has 0 unspecified atom stereocenters. The topological polar surface area (TPSA) is 93.1 Å². The Balaban J connectivity index is 1.66. The second kappa shape index (κ2) is 8.36. The van der Waals surface area contributed by atoms with E-state index in [0.29, 0.717) is 37.9 Å². The molecule has 8 nitrogen and oxygen atoms in total. The van der Waals surface area contributed by atoms with Crippen molar-refractivity contribution < 1.29 is 17.9 Å². The Morgan fingerprint density at radius 3 is 2.56 bits per heavy atom. The number of benzene rings is 1. The highest BCUT2D eigenvalue weighted by molar-refractivity contribution is 7.89. The van der Waals surface area contributed by atoms with Crippen molar-refractivity contribution in [2.45, 2.75) is 18.7 Å². The number of ether oxygens (including phenoxy) is 2. The first-order valence-electron chi connectivity index (χ1n) is 8.69. The van der Waals surface area contributed by atoms with Gasteiger partial charge in [0.05, 0.1) is 6.21 Å². The van der Waals surface area contributed by atoms with E-state index in [1.54, 1.807) is 26.1 Å². The molecule has 3 rings (SSSR count). The minimum atomic E-state index is -3.51. The molecular weight excluding hydrogens is 368 g/mol. The lowest BCUT2D eigenvalue weighted by molar-refractivity contribution is 0.171. The molecule has 1 aromatic carbocycles. The van der Waals surface area contributed by atoms with Crippen LogP contribution < -0.4 is 14.9 Å². The zero-order valence-corrected chi connectivity index (χ0v) is 16.1. The Morgan fingerprint density at radius 1 is 1.15 bits per heavy atom. The zero-order valence-electron chi connectivity index (χ0n) is 15.3. The molecule has 0 fully saturated rings. The van der Waals surface area contributed by atoms with E-state index >= 15 is 0 Å². The maximum Gasteiger partial charge on any atom is 0.244 e. The van der Waals surface area contributed by atoms with Crippen molar-refractivity contribution in [3.63, 3.8) is 0 Å². The van der Waals surface area contributed by atoms with Crippen LogP contribution in [0, 0.1) is 0 Å². The van der Waals surface area contributed by atoms with Gasteiger partial charge in [0.1, 0.15) is 23.9 Å². The molecule has 2 heterocycles. The Hall–Kier alpha value is -2.65. The fraction of sp³-hybridized carbons (Fsp3) is 0.333. The van der Waals surface area contributed by atoms with E-state index in [-0.39, 0.29) is 4.90 Å². The van der Waals surface area contributed by atoms with E-state index in [9.17, 15) is 8.42 Å². The second-order valence-corrected chi connectivity index (χ2v) is 7.68. The van der Waals surface area contributed by atoms with Gasteiger partial charge < -0.3 is 9.47 Å². The Kier molecular flexibility index (Phi) is 5.92. The van der Waals surface area contributed by atoms with Crippen molar-refractivity contribution in [1.29, 1.82) is 0 Å². The van der Waals surface area contributed by atoms with Gasteiger partial charge in [-0.15, -0.1) is 0 Å². The summed E-state index contributed by atoms with van der Waals surface area (Å²) in [4.78, 5) is 4.28. The van der Waals surface area contributed by atoms with E-state index in [1.807, 2.05) is 18.2 Å². The van der Waals surface area contributed by atoms with Gasteiger partial charge in [0.15, 0.2) is 11.5 Å². The number of aromatic nitrogens is 1. The fourth-order valence-electron chi connectivity index (χ4n) is 2.62. The maximum atomic E-state index is 12.4. The molecular formula is C18H22N4O4S. The van der Waals surface area contributed by atoms with Gasteiger partial charge in [-0.2, -0.15) is 9.41 Å². The highest BCUT2D eigenvalue weighted by atomic mass is 32.2. The summed E-state index contributed by atoms with van der Waals surface area (Å²) < 4.78 is 37.3. The maximum absolute atomic E-state index is 12.4. The van der Waals surface area contributed by atoms with Gasteiger partial charge in [-0.25, -0.2) is 13.4 Å². The molecule has 27 heavy (non-hydrogen) atoms. The Morgan fingerprint density at radius 2 is 1.89 bits per heavy atom. The number of anilines is 1. The van der Waals surface area contributed by atoms with Crippen LogP contribution in [0.2, 0.25) is 0 Å². The number of fused-ring (bicyclic) bond motifs is 1. The number of hydrazone groups is 1. The van der Waals surface area contributed by atoms with Crippen LogP contribution in [0.3, 0.4) is 0 Å². The van der Waals surface area contributed by atoms with Gasteiger partial charge >= 0.3 is 0 Å². The summed E-state index contributed by atoms with van der Waals surface area (Å²) >= 11 is 0. The van der Waals surface area contributed by atoms with Crippen molar-refractivity contribution in [2.75, 3.05) is 31.7 Å². The first-order valence-corrected chi connectivity index (χ1v) is 10.1. The van der Waals surface area contributed by atoms with Gasteiger partial charge in [-0.05, 0) is 35.9 Å². The van der Waals surface area contributed by atoms with E-state index in [0.717, 1.165) is 11.3 Å². The Bertz CT molecular complexity index is 909. The molecule has 2 aromatic rings. The van der Waals surface area contributed by atoms with Gasteiger partial charge in [0.25, 0.3) is 0 Å². The number of nitrogens with one attached hydrogen (secondary N) is 1. The molecule has 144 valence electrons. The summed E-state index contributed by atoms with van der Waals surface area (Å²) in [5.74, 6) is 1.86. The zero-order chi connectivity index (χ0) is 19.3. The van der Waals surface area contributed by atoms with Crippen molar-refractivity contribution >= 4 is 22.1 Å². The van der Waals surface area contributed by atoms with Crippen LogP contribution in [-0.4, -0.2) is 50.2 Å². The molecule has 0 spiro atoms. The molecule has 0 saturated heterocycles. The van der Waals surface area contributed by atoms with E-state index in [2.05, 4.69) is 15.5 Å². The molecule has 1 aliphatic heterocycles. The SMILES string of the molecule is CCN(CC)S(=O)(=O)c1ccc(N/N=C/c2ccc3c(c2)OCCO3)nc1. The van der Waals surface area contributed by atoms with Crippen LogP contribution in [0.1, 0.15) is 19.4 Å². The predicted molar refractivity (Wildman–Crippen MR) is 103 cm³/mol. The smallest absolute Gasteiger partial charge is 0.244 e. The number of hydrogen-bond donors (Lipinski definition) is 1. The van der Waals surface area contributed by atoms with E-state index < -0.39 is 10.0 Å². The minimum Gasteiger partial charge on any atom is -0.486 e. The lowest BCUT2D eigenvalue weighted by Gasteiger charge is -2.18. The molecule has 0 bridgehead atoms. The van der Waals surface area contributed by atoms with Crippen LogP contribution in [-0.2, 0) is 10.0 Å². The molecule has 0 saturated carbocycles. The molecule has 0 amide bonds. The van der Waals surface area contributed by atoms with Gasteiger partial charge in [0, 0.05) is 19.3 Å². The predicted octanol–water partition coefficient (Wildman–Crippen LogP) is 2.33. The lowest BCUT2D eigenvalue weighted by Crippen LogP contribution is -2.30. The summed E-state index contributed by atoms with van der Waals surface area (Å²) in [6.07, 6.45) is 2.95. The van der Waals surface area contributed by atoms with Crippen molar-refractivity contribution in [3.05, 3.63) is 42.1 Å². The Labute approximate surface area is 158 Å². The summed E-state index contributed by atoms with van der Waals surface area (Å²) in [5.41, 5.74) is 3.63. The molecule has 0 atom stereocenters. The quantitative estimate of drug-likeness (QED) is 0.576. The normalized spacial score (nSPS) is 13.9. The number of hydrogen-bond acceptors (Lipinski definition) is 7. The lowest BCUT2D eigenvalue weighted by atomic mass is 10.2. The molecule has 1 aromatic heterocycles. The summed E-state index contributed by atoms with van der Waals surface area (Å²) in [5, 5.41) is 4.13. The number of rotatable bonds is 7. The van der Waals surface area contributed by atoms with Gasteiger partial charge in [-0.3, -0.25) is 5.43 Å².